The maximum Gasteiger partial charge on any atom is 0.243 e. The molecule has 0 unspecified atom stereocenters. The number of nitrogens with two attached hydrogens (primary N) is 1. The van der Waals surface area contributed by atoms with Gasteiger partial charge in [-0.2, -0.15) is 0 Å². The van der Waals surface area contributed by atoms with E-state index in [0.717, 1.165) is 37.8 Å². The lowest BCUT2D eigenvalue weighted by Crippen LogP contribution is -2.29. The minimum Gasteiger partial charge on any atom is -0.399 e. The molecule has 1 fully saturated rings. The molecule has 1 aromatic carbocycles. The Morgan fingerprint density at radius 3 is 2.75 bits per heavy atom. The first-order valence-electron chi connectivity index (χ1n) is 6.65. The number of nitrogen functional groups attached to an aromatic ring is 1. The number of sulfonamides is 1. The van der Waals surface area contributed by atoms with E-state index in [1.165, 1.54) is 6.07 Å². The van der Waals surface area contributed by atoms with Crippen LogP contribution in [0, 0.1) is 5.82 Å². The maximum absolute atomic E-state index is 13.5. The highest BCUT2D eigenvalue weighted by Crippen LogP contribution is 2.20. The lowest BCUT2D eigenvalue weighted by molar-refractivity contribution is 0.0626. The molecule has 7 heteroatoms. The van der Waals surface area contributed by atoms with Crippen molar-refractivity contribution in [2.75, 3.05) is 18.9 Å². The number of halogens is 1. The summed E-state index contributed by atoms with van der Waals surface area (Å²) in [7, 11) is -3.89. The highest BCUT2D eigenvalue weighted by molar-refractivity contribution is 7.89. The SMILES string of the molecule is Nc1ccc(F)c(S(=O)(=O)NCCOC2CCCC2)c1. The molecule has 0 aliphatic heterocycles. The first-order valence-corrected chi connectivity index (χ1v) is 8.13. The molecule has 0 atom stereocenters. The number of nitrogens with one attached hydrogen (secondary N) is 1. The van der Waals surface area contributed by atoms with Gasteiger partial charge in [-0.1, -0.05) is 12.8 Å². The Hall–Kier alpha value is -1.18. The highest BCUT2D eigenvalue weighted by atomic mass is 32.2. The molecule has 0 aromatic heterocycles. The van der Waals surface area contributed by atoms with Crippen LogP contribution in [0.5, 0.6) is 0 Å². The van der Waals surface area contributed by atoms with Crippen LogP contribution < -0.4 is 10.5 Å². The van der Waals surface area contributed by atoms with Crippen LogP contribution in [-0.2, 0) is 14.8 Å². The Morgan fingerprint density at radius 1 is 1.35 bits per heavy atom. The van der Waals surface area contributed by atoms with Gasteiger partial charge in [-0.15, -0.1) is 0 Å². The summed E-state index contributed by atoms with van der Waals surface area (Å²) in [6.45, 7) is 0.404. The molecule has 20 heavy (non-hydrogen) atoms. The molecule has 1 saturated carbocycles. The van der Waals surface area contributed by atoms with E-state index in [0.29, 0.717) is 0 Å². The van der Waals surface area contributed by atoms with Crippen LogP contribution in [0.25, 0.3) is 0 Å². The number of hydrogen-bond donors (Lipinski definition) is 2. The number of ether oxygens (including phenoxy) is 1. The Balaban J connectivity index is 1.88. The molecule has 1 aliphatic rings. The normalized spacial score (nSPS) is 16.6. The van der Waals surface area contributed by atoms with Gasteiger partial charge < -0.3 is 10.5 Å². The number of benzene rings is 1. The summed E-state index contributed by atoms with van der Waals surface area (Å²) in [5, 5.41) is 0. The molecule has 0 heterocycles. The molecule has 3 N–H and O–H groups in total. The van der Waals surface area contributed by atoms with Crippen molar-refractivity contribution in [3.63, 3.8) is 0 Å². The molecule has 0 bridgehead atoms. The fourth-order valence-corrected chi connectivity index (χ4v) is 3.38. The summed E-state index contributed by atoms with van der Waals surface area (Å²) in [4.78, 5) is -0.432. The van der Waals surface area contributed by atoms with Gasteiger partial charge in [0.05, 0.1) is 12.7 Å². The van der Waals surface area contributed by atoms with Gasteiger partial charge in [-0.25, -0.2) is 17.5 Å². The second kappa shape index (κ2) is 6.51. The monoisotopic (exact) mass is 302 g/mol. The van der Waals surface area contributed by atoms with Gasteiger partial charge >= 0.3 is 0 Å². The average Bonchev–Trinajstić information content (AvgIpc) is 2.90. The summed E-state index contributed by atoms with van der Waals surface area (Å²) in [6, 6.07) is 3.46. The molecule has 5 nitrogen and oxygen atoms in total. The predicted octanol–water partition coefficient (Wildman–Crippen LogP) is 1.65. The summed E-state index contributed by atoms with van der Waals surface area (Å²) in [5.74, 6) is -0.816. The van der Waals surface area contributed by atoms with Crippen LogP contribution in [0.4, 0.5) is 10.1 Å². The van der Waals surface area contributed by atoms with Gasteiger partial charge in [0, 0.05) is 12.2 Å². The summed E-state index contributed by atoms with van der Waals surface area (Å²) >= 11 is 0. The zero-order valence-corrected chi connectivity index (χ0v) is 12.0. The second-order valence-corrected chi connectivity index (χ2v) is 6.60. The van der Waals surface area contributed by atoms with Crippen molar-refractivity contribution in [2.45, 2.75) is 36.7 Å². The number of anilines is 1. The van der Waals surface area contributed by atoms with E-state index >= 15 is 0 Å². The molecule has 0 radical (unpaired) electrons. The van der Waals surface area contributed by atoms with Gasteiger partial charge in [-0.05, 0) is 31.0 Å². The lowest BCUT2D eigenvalue weighted by atomic mass is 10.3. The van der Waals surface area contributed by atoms with E-state index in [-0.39, 0.29) is 24.9 Å². The third kappa shape index (κ3) is 3.91. The van der Waals surface area contributed by atoms with Crippen LogP contribution in [0.3, 0.4) is 0 Å². The molecular formula is C13H19FN2O3S. The van der Waals surface area contributed by atoms with Crippen LogP contribution in [0.2, 0.25) is 0 Å². The van der Waals surface area contributed by atoms with Crippen molar-refractivity contribution in [3.8, 4) is 0 Å². The number of hydrogen-bond acceptors (Lipinski definition) is 4. The summed E-state index contributed by atoms with van der Waals surface area (Å²) in [6.07, 6.45) is 4.59. The second-order valence-electron chi connectivity index (χ2n) is 4.86. The van der Waals surface area contributed by atoms with E-state index in [9.17, 15) is 12.8 Å². The van der Waals surface area contributed by atoms with E-state index in [1.807, 2.05) is 0 Å². The first-order chi connectivity index (χ1) is 9.49. The minimum absolute atomic E-state index is 0.118. The van der Waals surface area contributed by atoms with Crippen LogP contribution in [-0.4, -0.2) is 27.7 Å². The molecule has 2 rings (SSSR count). The van der Waals surface area contributed by atoms with Gasteiger partial charge in [-0.3, -0.25) is 0 Å². The number of rotatable bonds is 6. The van der Waals surface area contributed by atoms with Crippen molar-refractivity contribution < 1.29 is 17.5 Å². The third-order valence-electron chi connectivity index (χ3n) is 3.29. The molecular weight excluding hydrogens is 283 g/mol. The van der Waals surface area contributed by atoms with E-state index < -0.39 is 20.7 Å². The van der Waals surface area contributed by atoms with Crippen LogP contribution >= 0.6 is 0 Å². The Labute approximate surface area is 118 Å². The van der Waals surface area contributed by atoms with Gasteiger partial charge in [0.1, 0.15) is 10.7 Å². The fraction of sp³-hybridized carbons (Fsp3) is 0.538. The smallest absolute Gasteiger partial charge is 0.243 e. The molecule has 0 spiro atoms. The van der Waals surface area contributed by atoms with Crippen molar-refractivity contribution in [2.24, 2.45) is 0 Å². The average molecular weight is 302 g/mol. The van der Waals surface area contributed by atoms with Crippen LogP contribution in [0.1, 0.15) is 25.7 Å². The molecule has 112 valence electrons. The molecule has 0 saturated heterocycles. The lowest BCUT2D eigenvalue weighted by Gasteiger charge is -2.12. The zero-order chi connectivity index (χ0) is 14.6. The van der Waals surface area contributed by atoms with Crippen molar-refractivity contribution in [3.05, 3.63) is 24.0 Å². The molecule has 1 aromatic rings. The van der Waals surface area contributed by atoms with Crippen molar-refractivity contribution in [1.29, 1.82) is 0 Å². The quantitative estimate of drug-likeness (QED) is 0.618. The van der Waals surface area contributed by atoms with Crippen molar-refractivity contribution in [1.82, 2.24) is 4.72 Å². The zero-order valence-electron chi connectivity index (χ0n) is 11.1. The fourth-order valence-electron chi connectivity index (χ4n) is 2.26. The molecule has 0 amide bonds. The highest BCUT2D eigenvalue weighted by Gasteiger charge is 2.19. The maximum atomic E-state index is 13.5. The summed E-state index contributed by atoms with van der Waals surface area (Å²) in [5.41, 5.74) is 5.68. The molecule has 1 aliphatic carbocycles. The van der Waals surface area contributed by atoms with Gasteiger partial charge in [0.15, 0.2) is 0 Å². The van der Waals surface area contributed by atoms with Gasteiger partial charge in [0.2, 0.25) is 10.0 Å². The Bertz CT molecular complexity index is 557. The van der Waals surface area contributed by atoms with Gasteiger partial charge in [0.25, 0.3) is 0 Å². The predicted molar refractivity (Wildman–Crippen MR) is 74.2 cm³/mol. The minimum atomic E-state index is -3.89. The third-order valence-corrected chi connectivity index (χ3v) is 4.77. The Morgan fingerprint density at radius 2 is 2.05 bits per heavy atom. The van der Waals surface area contributed by atoms with Crippen LogP contribution in [0.15, 0.2) is 23.1 Å². The largest absolute Gasteiger partial charge is 0.399 e. The summed E-state index contributed by atoms with van der Waals surface area (Å²) < 4.78 is 45.3. The van der Waals surface area contributed by atoms with E-state index in [4.69, 9.17) is 10.5 Å². The van der Waals surface area contributed by atoms with Crippen molar-refractivity contribution >= 4 is 15.7 Å². The Kier molecular flexibility index (Phi) is 4.95. The topological polar surface area (TPSA) is 81.4 Å². The van der Waals surface area contributed by atoms with E-state index in [2.05, 4.69) is 4.72 Å². The standard InChI is InChI=1S/C13H19FN2O3S/c14-12-6-5-10(15)9-13(12)20(17,18)16-7-8-19-11-3-1-2-4-11/h5-6,9,11,16H,1-4,7-8,15H2. The van der Waals surface area contributed by atoms with E-state index in [1.54, 1.807) is 0 Å². The first kappa shape index (κ1) is 15.2.